The molecule has 5 nitrogen and oxygen atoms in total. The minimum absolute atomic E-state index is 0.126. The van der Waals surface area contributed by atoms with Gasteiger partial charge in [0.2, 0.25) is 0 Å². The first-order valence-corrected chi connectivity index (χ1v) is 7.81. The van der Waals surface area contributed by atoms with Crippen LogP contribution < -0.4 is 0 Å². The number of hydrogen-bond donors (Lipinski definition) is 0. The topological polar surface area (TPSA) is 60.2 Å². The maximum Gasteiger partial charge on any atom is 0.453 e. The van der Waals surface area contributed by atoms with Gasteiger partial charge in [-0.2, -0.15) is 18.2 Å². The molecule has 2 aromatic heterocycles. The number of carbonyl (C=O) groups excluding carboxylic acids is 1. The number of halogens is 4. The number of nitrogens with zero attached hydrogens (tertiary/aromatic N) is 4. The molecule has 25 heavy (non-hydrogen) atoms. The normalized spacial score (nSPS) is 17.8. The smallest absolute Gasteiger partial charge is 0.294 e. The van der Waals surface area contributed by atoms with E-state index in [1.807, 2.05) is 6.07 Å². The quantitative estimate of drug-likeness (QED) is 0.658. The average molecular weight is 367 g/mol. The lowest BCUT2D eigenvalue weighted by molar-refractivity contribution is -0.144. The van der Waals surface area contributed by atoms with Crippen LogP contribution in [0.3, 0.4) is 0 Å². The molecular formula is C16H10ClF3N4O. The molecule has 4 rings (SSSR count). The molecular weight excluding hydrogens is 357 g/mol. The molecule has 1 unspecified atom stereocenters. The van der Waals surface area contributed by atoms with Gasteiger partial charge in [0.1, 0.15) is 0 Å². The highest BCUT2D eigenvalue weighted by Gasteiger charge is 2.37. The van der Waals surface area contributed by atoms with Gasteiger partial charge in [-0.05, 0) is 30.0 Å². The fourth-order valence-corrected chi connectivity index (χ4v) is 3.20. The van der Waals surface area contributed by atoms with E-state index in [0.29, 0.717) is 17.1 Å². The molecule has 0 radical (unpaired) electrons. The fourth-order valence-electron chi connectivity index (χ4n) is 3.00. The Morgan fingerprint density at radius 2 is 2.00 bits per heavy atom. The van der Waals surface area contributed by atoms with Crippen LogP contribution in [0.25, 0.3) is 5.78 Å². The molecule has 2 heterocycles. The van der Waals surface area contributed by atoms with Gasteiger partial charge < -0.3 is 0 Å². The molecule has 9 heteroatoms. The standard InChI is InChI=1S/C16H10ClF3N4O/c17-10-3-1-2-8(4-10)9-5-12-11(13(25)6-9)7-24-15(21-12)22-14(23-24)16(18,19)20/h1-4,7,9H,5-6H2. The zero-order valence-electron chi connectivity index (χ0n) is 12.6. The molecule has 1 aliphatic carbocycles. The second kappa shape index (κ2) is 5.52. The minimum atomic E-state index is -4.67. The maximum atomic E-state index is 12.8. The predicted octanol–water partition coefficient (Wildman–Crippen LogP) is 3.71. The molecule has 0 aliphatic heterocycles. The summed E-state index contributed by atoms with van der Waals surface area (Å²) < 4.78 is 39.2. The van der Waals surface area contributed by atoms with Gasteiger partial charge >= 0.3 is 6.18 Å². The minimum Gasteiger partial charge on any atom is -0.294 e. The summed E-state index contributed by atoms with van der Waals surface area (Å²) in [6, 6.07) is 7.18. The average Bonchev–Trinajstić information content (AvgIpc) is 2.96. The Labute approximate surface area is 144 Å². The Hall–Kier alpha value is -2.48. The molecule has 0 fully saturated rings. The van der Waals surface area contributed by atoms with Gasteiger partial charge in [0.15, 0.2) is 5.78 Å². The van der Waals surface area contributed by atoms with Gasteiger partial charge in [0.05, 0.1) is 11.3 Å². The van der Waals surface area contributed by atoms with Crippen molar-refractivity contribution in [3.05, 3.63) is 58.1 Å². The highest BCUT2D eigenvalue weighted by molar-refractivity contribution is 6.30. The van der Waals surface area contributed by atoms with Crippen LogP contribution in [0.2, 0.25) is 5.02 Å². The molecule has 0 spiro atoms. The highest BCUT2D eigenvalue weighted by Crippen LogP contribution is 2.33. The largest absolute Gasteiger partial charge is 0.453 e. The molecule has 0 N–H and O–H groups in total. The molecule has 1 atom stereocenters. The lowest BCUT2D eigenvalue weighted by Crippen LogP contribution is -2.21. The highest BCUT2D eigenvalue weighted by atomic mass is 35.5. The van der Waals surface area contributed by atoms with Gasteiger partial charge in [-0.3, -0.25) is 4.79 Å². The summed E-state index contributed by atoms with van der Waals surface area (Å²) in [5.74, 6) is -1.77. The van der Waals surface area contributed by atoms with Crippen LogP contribution in [0.15, 0.2) is 30.5 Å². The first-order chi connectivity index (χ1) is 11.8. The Bertz CT molecular complexity index is 999. The molecule has 0 saturated heterocycles. The Kier molecular flexibility index (Phi) is 3.54. The van der Waals surface area contributed by atoms with Crippen molar-refractivity contribution >= 4 is 23.2 Å². The third kappa shape index (κ3) is 2.86. The van der Waals surface area contributed by atoms with E-state index in [1.54, 1.807) is 18.2 Å². The maximum absolute atomic E-state index is 12.8. The number of alkyl halides is 3. The van der Waals surface area contributed by atoms with Crippen LogP contribution in [0, 0.1) is 0 Å². The van der Waals surface area contributed by atoms with E-state index in [9.17, 15) is 18.0 Å². The van der Waals surface area contributed by atoms with Gasteiger partial charge in [0, 0.05) is 17.6 Å². The number of aromatic nitrogens is 4. The zero-order chi connectivity index (χ0) is 17.8. The number of Topliss-reactive ketones (excluding diaryl/α,β-unsaturated/α-hetero) is 1. The first-order valence-electron chi connectivity index (χ1n) is 7.43. The van der Waals surface area contributed by atoms with Gasteiger partial charge in [-0.25, -0.2) is 9.50 Å². The van der Waals surface area contributed by atoms with E-state index in [4.69, 9.17) is 11.6 Å². The van der Waals surface area contributed by atoms with Crippen molar-refractivity contribution in [3.63, 3.8) is 0 Å². The number of carbonyl (C=O) groups is 1. The summed E-state index contributed by atoms with van der Waals surface area (Å²) in [6.07, 6.45) is -2.73. The van der Waals surface area contributed by atoms with E-state index >= 15 is 0 Å². The van der Waals surface area contributed by atoms with Crippen LogP contribution in [-0.2, 0) is 12.6 Å². The molecule has 1 aromatic carbocycles. The number of hydrogen-bond acceptors (Lipinski definition) is 4. The number of benzene rings is 1. The second-order valence-electron chi connectivity index (χ2n) is 5.86. The van der Waals surface area contributed by atoms with E-state index < -0.39 is 12.0 Å². The molecule has 0 saturated carbocycles. The Morgan fingerprint density at radius 3 is 2.72 bits per heavy atom. The number of ketones is 1. The Morgan fingerprint density at radius 1 is 1.20 bits per heavy atom. The number of rotatable bonds is 1. The van der Waals surface area contributed by atoms with Crippen molar-refractivity contribution in [2.24, 2.45) is 0 Å². The molecule has 0 amide bonds. The SMILES string of the molecule is O=C1CC(c2cccc(Cl)c2)Cc2nc3nc(C(F)(F)F)nn3cc21. The second-order valence-corrected chi connectivity index (χ2v) is 6.30. The van der Waals surface area contributed by atoms with Crippen molar-refractivity contribution in [3.8, 4) is 0 Å². The third-order valence-electron chi connectivity index (χ3n) is 4.16. The van der Waals surface area contributed by atoms with Crippen LogP contribution in [0.1, 0.15) is 39.8 Å². The van der Waals surface area contributed by atoms with Gasteiger partial charge in [0.25, 0.3) is 11.6 Å². The van der Waals surface area contributed by atoms with Crippen LogP contribution >= 0.6 is 11.6 Å². The van der Waals surface area contributed by atoms with Gasteiger partial charge in [-0.1, -0.05) is 23.7 Å². The van der Waals surface area contributed by atoms with E-state index in [1.165, 1.54) is 6.20 Å². The summed E-state index contributed by atoms with van der Waals surface area (Å²) in [5.41, 5.74) is 1.60. The Balaban J connectivity index is 1.77. The van der Waals surface area contributed by atoms with Crippen molar-refractivity contribution in [2.45, 2.75) is 24.9 Å². The van der Waals surface area contributed by atoms with Crippen molar-refractivity contribution < 1.29 is 18.0 Å². The van der Waals surface area contributed by atoms with E-state index in [0.717, 1.165) is 10.1 Å². The van der Waals surface area contributed by atoms with E-state index in [2.05, 4.69) is 15.1 Å². The van der Waals surface area contributed by atoms with Crippen LogP contribution in [0.5, 0.6) is 0 Å². The van der Waals surface area contributed by atoms with E-state index in [-0.39, 0.29) is 29.5 Å². The zero-order valence-corrected chi connectivity index (χ0v) is 13.3. The third-order valence-corrected chi connectivity index (χ3v) is 4.39. The van der Waals surface area contributed by atoms with Gasteiger partial charge in [-0.15, -0.1) is 5.10 Å². The summed E-state index contributed by atoms with van der Waals surface area (Å²) in [7, 11) is 0. The van der Waals surface area contributed by atoms with Crippen molar-refractivity contribution in [1.82, 2.24) is 19.6 Å². The molecule has 0 bridgehead atoms. The van der Waals surface area contributed by atoms with Crippen molar-refractivity contribution in [2.75, 3.05) is 0 Å². The number of fused-ring (bicyclic) bond motifs is 2. The molecule has 3 aromatic rings. The lowest BCUT2D eigenvalue weighted by Gasteiger charge is -2.23. The fraction of sp³-hybridized carbons (Fsp3) is 0.250. The summed E-state index contributed by atoms with van der Waals surface area (Å²) in [6.45, 7) is 0. The van der Waals surface area contributed by atoms with Crippen LogP contribution in [-0.4, -0.2) is 25.4 Å². The predicted molar refractivity (Wildman–Crippen MR) is 82.6 cm³/mol. The molecule has 128 valence electrons. The monoisotopic (exact) mass is 366 g/mol. The molecule has 1 aliphatic rings. The summed E-state index contributed by atoms with van der Waals surface area (Å²) in [4.78, 5) is 20.0. The van der Waals surface area contributed by atoms with Crippen molar-refractivity contribution in [1.29, 1.82) is 0 Å². The lowest BCUT2D eigenvalue weighted by atomic mass is 9.82. The summed E-state index contributed by atoms with van der Waals surface area (Å²) >= 11 is 6.00. The summed E-state index contributed by atoms with van der Waals surface area (Å²) in [5, 5.41) is 3.93. The van der Waals surface area contributed by atoms with Crippen LogP contribution in [0.4, 0.5) is 13.2 Å². The first kappa shape index (κ1) is 16.0.